The molecule has 6 nitrogen and oxygen atoms in total. The van der Waals surface area contributed by atoms with Crippen LogP contribution in [0, 0.1) is 5.92 Å². The van der Waals surface area contributed by atoms with Gasteiger partial charge in [0, 0.05) is 19.2 Å². The number of hydrogen-bond donors (Lipinski definition) is 2. The first-order valence-electron chi connectivity index (χ1n) is 7.06. The van der Waals surface area contributed by atoms with Gasteiger partial charge in [-0.2, -0.15) is 0 Å². The number of nitrogens with one attached hydrogen (secondary N) is 1. The third-order valence-electron chi connectivity index (χ3n) is 3.94. The number of aromatic nitrogens is 2. The fraction of sp³-hybridized carbons (Fsp3) is 0.714. The van der Waals surface area contributed by atoms with Crippen LogP contribution in [0.1, 0.15) is 31.2 Å². The van der Waals surface area contributed by atoms with E-state index < -0.39 is 0 Å². The molecule has 6 heteroatoms. The summed E-state index contributed by atoms with van der Waals surface area (Å²) >= 11 is 0. The maximum Gasteiger partial charge on any atom is 0.224 e. The minimum atomic E-state index is 0.233. The average molecular weight is 281 g/mol. The van der Waals surface area contributed by atoms with Crippen LogP contribution in [0.2, 0.25) is 0 Å². The summed E-state index contributed by atoms with van der Waals surface area (Å²) < 4.78 is 10.5. The van der Waals surface area contributed by atoms with Gasteiger partial charge in [-0.1, -0.05) is 12.8 Å². The molecule has 1 saturated carbocycles. The molecule has 1 aromatic heterocycles. The zero-order valence-electron chi connectivity index (χ0n) is 12.1. The number of methoxy groups -OCH3 is 2. The van der Waals surface area contributed by atoms with Gasteiger partial charge in [0.05, 0.1) is 19.8 Å². The van der Waals surface area contributed by atoms with Gasteiger partial charge in [0.25, 0.3) is 0 Å². The van der Waals surface area contributed by atoms with Crippen molar-refractivity contribution in [3.63, 3.8) is 0 Å². The molecular formula is C14H23N3O3. The molecular weight excluding hydrogens is 258 g/mol. The molecule has 2 N–H and O–H groups in total. The first kappa shape index (κ1) is 15.0. The average Bonchev–Trinajstić information content (AvgIpc) is 2.52. The third-order valence-corrected chi connectivity index (χ3v) is 3.94. The Balaban J connectivity index is 2.06. The van der Waals surface area contributed by atoms with Crippen molar-refractivity contribution in [1.82, 2.24) is 15.3 Å². The number of hydrogen-bond acceptors (Lipinski definition) is 6. The van der Waals surface area contributed by atoms with Crippen LogP contribution < -0.4 is 14.8 Å². The van der Waals surface area contributed by atoms with Gasteiger partial charge in [0.2, 0.25) is 11.8 Å². The van der Waals surface area contributed by atoms with Crippen LogP contribution in [0.4, 0.5) is 0 Å². The van der Waals surface area contributed by atoms with Crippen molar-refractivity contribution in [3.8, 4) is 11.8 Å². The highest BCUT2D eigenvalue weighted by atomic mass is 16.5. The highest BCUT2D eigenvalue weighted by molar-refractivity contribution is 5.34. The van der Waals surface area contributed by atoms with Crippen molar-refractivity contribution in [2.75, 3.05) is 20.8 Å². The lowest BCUT2D eigenvalue weighted by atomic mass is 9.85. The SMILES string of the molecule is COc1ncnc(OC)c1CNC1CCCCC1CO. The monoisotopic (exact) mass is 281 g/mol. The van der Waals surface area contributed by atoms with Gasteiger partial charge >= 0.3 is 0 Å². The van der Waals surface area contributed by atoms with Gasteiger partial charge < -0.3 is 19.9 Å². The lowest BCUT2D eigenvalue weighted by Crippen LogP contribution is -2.39. The quantitative estimate of drug-likeness (QED) is 0.814. The molecule has 112 valence electrons. The molecule has 0 radical (unpaired) electrons. The lowest BCUT2D eigenvalue weighted by Gasteiger charge is -2.31. The first-order chi connectivity index (χ1) is 9.80. The van der Waals surface area contributed by atoms with Crippen molar-refractivity contribution in [1.29, 1.82) is 0 Å². The van der Waals surface area contributed by atoms with Crippen molar-refractivity contribution in [2.24, 2.45) is 5.92 Å². The van der Waals surface area contributed by atoms with Crippen LogP contribution in [-0.4, -0.2) is 41.9 Å². The second-order valence-electron chi connectivity index (χ2n) is 5.09. The van der Waals surface area contributed by atoms with Crippen molar-refractivity contribution >= 4 is 0 Å². The second kappa shape index (κ2) is 7.40. The van der Waals surface area contributed by atoms with E-state index in [0.717, 1.165) is 18.4 Å². The van der Waals surface area contributed by atoms with Gasteiger partial charge in [-0.25, -0.2) is 9.97 Å². The number of nitrogens with zero attached hydrogens (tertiary/aromatic N) is 2. The van der Waals surface area contributed by atoms with Crippen LogP contribution >= 0.6 is 0 Å². The van der Waals surface area contributed by atoms with Crippen LogP contribution in [0.25, 0.3) is 0 Å². The number of ether oxygens (including phenoxy) is 2. The van der Waals surface area contributed by atoms with Crippen molar-refractivity contribution in [3.05, 3.63) is 11.9 Å². The Bertz CT molecular complexity index is 406. The molecule has 1 aromatic rings. The third kappa shape index (κ3) is 3.37. The van der Waals surface area contributed by atoms with E-state index in [9.17, 15) is 5.11 Å². The summed E-state index contributed by atoms with van der Waals surface area (Å²) in [5.74, 6) is 1.38. The maximum absolute atomic E-state index is 9.45. The summed E-state index contributed by atoms with van der Waals surface area (Å²) in [5.41, 5.74) is 0.819. The molecule has 2 rings (SSSR count). The summed E-state index contributed by atoms with van der Waals surface area (Å²) in [6.45, 7) is 0.811. The van der Waals surface area contributed by atoms with E-state index in [1.54, 1.807) is 14.2 Å². The Hall–Kier alpha value is -1.40. The summed E-state index contributed by atoms with van der Waals surface area (Å²) in [5, 5.41) is 12.9. The topological polar surface area (TPSA) is 76.5 Å². The molecule has 20 heavy (non-hydrogen) atoms. The largest absolute Gasteiger partial charge is 0.481 e. The van der Waals surface area contributed by atoms with Gasteiger partial charge in [-0.3, -0.25) is 0 Å². The second-order valence-corrected chi connectivity index (χ2v) is 5.09. The molecule has 0 spiro atoms. The minimum absolute atomic E-state index is 0.233. The predicted octanol–water partition coefficient (Wildman–Crippen LogP) is 1.13. The van der Waals surface area contributed by atoms with Crippen LogP contribution in [-0.2, 0) is 6.54 Å². The Labute approximate surface area is 119 Å². The zero-order chi connectivity index (χ0) is 14.4. The van der Waals surface area contributed by atoms with Gasteiger partial charge in [0.15, 0.2) is 0 Å². The lowest BCUT2D eigenvalue weighted by molar-refractivity contribution is 0.152. The van der Waals surface area contributed by atoms with Crippen LogP contribution in [0.5, 0.6) is 11.8 Å². The van der Waals surface area contributed by atoms with E-state index in [4.69, 9.17) is 9.47 Å². The Morgan fingerprint density at radius 2 is 1.85 bits per heavy atom. The van der Waals surface area contributed by atoms with Crippen LogP contribution in [0.3, 0.4) is 0 Å². The molecule has 0 amide bonds. The molecule has 0 aromatic carbocycles. The number of aliphatic hydroxyl groups excluding tert-OH is 1. The molecule has 2 atom stereocenters. The van der Waals surface area contributed by atoms with E-state index >= 15 is 0 Å². The minimum Gasteiger partial charge on any atom is -0.481 e. The van der Waals surface area contributed by atoms with E-state index in [1.165, 1.54) is 19.2 Å². The van der Waals surface area contributed by atoms with E-state index in [-0.39, 0.29) is 6.61 Å². The fourth-order valence-electron chi connectivity index (χ4n) is 2.81. The molecule has 1 aliphatic rings. The molecule has 2 unspecified atom stereocenters. The first-order valence-corrected chi connectivity index (χ1v) is 7.06. The van der Waals surface area contributed by atoms with Crippen molar-refractivity contribution < 1.29 is 14.6 Å². The molecule has 0 aliphatic heterocycles. The van der Waals surface area contributed by atoms with Gasteiger partial charge in [-0.15, -0.1) is 0 Å². The Morgan fingerprint density at radius 1 is 1.20 bits per heavy atom. The number of rotatable bonds is 6. The highest BCUT2D eigenvalue weighted by Gasteiger charge is 2.25. The summed E-state index contributed by atoms with van der Waals surface area (Å²) in [4.78, 5) is 8.21. The molecule has 1 heterocycles. The molecule has 1 fully saturated rings. The fourth-order valence-corrected chi connectivity index (χ4v) is 2.81. The number of aliphatic hydroxyl groups is 1. The summed E-state index contributed by atoms with van der Waals surface area (Å²) in [6.07, 6.45) is 5.99. The predicted molar refractivity (Wildman–Crippen MR) is 74.8 cm³/mol. The molecule has 1 aliphatic carbocycles. The van der Waals surface area contributed by atoms with E-state index in [1.807, 2.05) is 0 Å². The Kier molecular flexibility index (Phi) is 5.55. The smallest absolute Gasteiger partial charge is 0.224 e. The van der Waals surface area contributed by atoms with E-state index in [2.05, 4.69) is 15.3 Å². The van der Waals surface area contributed by atoms with Gasteiger partial charge in [-0.05, 0) is 18.8 Å². The summed E-state index contributed by atoms with van der Waals surface area (Å²) in [6, 6.07) is 0.323. The highest BCUT2D eigenvalue weighted by Crippen LogP contribution is 2.27. The molecule has 0 bridgehead atoms. The zero-order valence-corrected chi connectivity index (χ0v) is 12.1. The molecule has 0 saturated heterocycles. The normalized spacial score (nSPS) is 22.6. The Morgan fingerprint density at radius 3 is 2.45 bits per heavy atom. The van der Waals surface area contributed by atoms with Crippen LogP contribution in [0.15, 0.2) is 6.33 Å². The van der Waals surface area contributed by atoms with Crippen molar-refractivity contribution in [2.45, 2.75) is 38.3 Å². The van der Waals surface area contributed by atoms with E-state index in [0.29, 0.717) is 30.3 Å². The maximum atomic E-state index is 9.45. The van der Waals surface area contributed by atoms with Gasteiger partial charge in [0.1, 0.15) is 6.33 Å². The standard InChI is InChI=1S/C14H23N3O3/c1-19-13-11(14(20-2)17-9-16-13)7-15-12-6-4-3-5-10(12)8-18/h9-10,12,15,18H,3-8H2,1-2H3. The summed E-state index contributed by atoms with van der Waals surface area (Å²) in [7, 11) is 3.17.